The number of rotatable bonds is 5. The Labute approximate surface area is 146 Å². The maximum absolute atomic E-state index is 12.4. The third-order valence-corrected chi connectivity index (χ3v) is 4.65. The molecule has 0 spiro atoms. The number of H-pyrrole nitrogens is 1. The number of hydrogen-bond acceptors (Lipinski definition) is 4. The number of ether oxygens (including phenoxy) is 1. The smallest absolute Gasteiger partial charge is 0.256 e. The summed E-state index contributed by atoms with van der Waals surface area (Å²) in [7, 11) is 1.44. The van der Waals surface area contributed by atoms with E-state index in [1.807, 2.05) is 6.07 Å². The van der Waals surface area contributed by atoms with Gasteiger partial charge in [0.25, 0.3) is 11.5 Å². The van der Waals surface area contributed by atoms with Gasteiger partial charge in [0.05, 0.1) is 12.7 Å². The molecule has 2 N–H and O–H groups in total. The van der Waals surface area contributed by atoms with Crippen molar-refractivity contribution in [2.24, 2.45) is 0 Å². The van der Waals surface area contributed by atoms with Crippen LogP contribution < -0.4 is 20.5 Å². The molecule has 6 nitrogen and oxygen atoms in total. The van der Waals surface area contributed by atoms with Crippen LogP contribution in [0.3, 0.4) is 0 Å². The lowest BCUT2D eigenvalue weighted by Gasteiger charge is -2.37. The molecule has 1 unspecified atom stereocenters. The molecule has 1 aromatic heterocycles. The minimum Gasteiger partial charge on any atom is -0.496 e. The molecule has 0 bridgehead atoms. The largest absolute Gasteiger partial charge is 0.496 e. The van der Waals surface area contributed by atoms with Crippen molar-refractivity contribution in [3.05, 3.63) is 58.0 Å². The number of amides is 1. The van der Waals surface area contributed by atoms with Crippen LogP contribution >= 0.6 is 0 Å². The van der Waals surface area contributed by atoms with Gasteiger partial charge < -0.3 is 19.9 Å². The zero-order valence-electron chi connectivity index (χ0n) is 14.5. The predicted octanol–water partition coefficient (Wildman–Crippen LogP) is 1.95. The average molecular weight is 341 g/mol. The minimum absolute atomic E-state index is 0.258. The second-order valence-electron chi connectivity index (χ2n) is 6.25. The molecule has 1 aliphatic rings. The Kier molecular flexibility index (Phi) is 5.07. The lowest BCUT2D eigenvalue weighted by molar-refractivity contribution is 0.0951. The SMILES string of the molecule is COc1cc(=O)[nH]cc1C(=O)NCCN1c2ccccc2CCC1C. The first kappa shape index (κ1) is 17.1. The Balaban J connectivity index is 1.65. The molecule has 25 heavy (non-hydrogen) atoms. The lowest BCUT2D eigenvalue weighted by Crippen LogP contribution is -2.42. The fourth-order valence-electron chi connectivity index (χ4n) is 3.29. The third kappa shape index (κ3) is 3.68. The quantitative estimate of drug-likeness (QED) is 0.872. The van der Waals surface area contributed by atoms with Crippen LogP contribution in [0.25, 0.3) is 0 Å². The van der Waals surface area contributed by atoms with Crippen molar-refractivity contribution in [2.45, 2.75) is 25.8 Å². The van der Waals surface area contributed by atoms with Crippen LogP contribution in [0.15, 0.2) is 41.3 Å². The number of aromatic amines is 1. The summed E-state index contributed by atoms with van der Waals surface area (Å²) in [6.07, 6.45) is 3.59. The molecule has 0 radical (unpaired) electrons. The van der Waals surface area contributed by atoms with Gasteiger partial charge in [-0.25, -0.2) is 0 Å². The fourth-order valence-corrected chi connectivity index (χ4v) is 3.29. The highest BCUT2D eigenvalue weighted by atomic mass is 16.5. The van der Waals surface area contributed by atoms with Crippen molar-refractivity contribution in [2.75, 3.05) is 25.1 Å². The number of carbonyl (C=O) groups is 1. The second kappa shape index (κ2) is 7.42. The summed E-state index contributed by atoms with van der Waals surface area (Å²) in [5, 5.41) is 2.91. The average Bonchev–Trinajstić information content (AvgIpc) is 2.63. The summed E-state index contributed by atoms with van der Waals surface area (Å²) in [6.45, 7) is 3.46. The van der Waals surface area contributed by atoms with Gasteiger partial charge >= 0.3 is 0 Å². The zero-order chi connectivity index (χ0) is 17.8. The Morgan fingerprint density at radius 1 is 1.40 bits per heavy atom. The highest BCUT2D eigenvalue weighted by molar-refractivity contribution is 5.96. The van der Waals surface area contributed by atoms with E-state index in [2.05, 4.69) is 40.3 Å². The maximum Gasteiger partial charge on any atom is 0.256 e. The van der Waals surface area contributed by atoms with Crippen molar-refractivity contribution in [3.8, 4) is 5.75 Å². The van der Waals surface area contributed by atoms with E-state index >= 15 is 0 Å². The number of benzene rings is 1. The van der Waals surface area contributed by atoms with Crippen LogP contribution in [0, 0.1) is 0 Å². The van der Waals surface area contributed by atoms with E-state index in [1.54, 1.807) is 0 Å². The van der Waals surface area contributed by atoms with E-state index in [4.69, 9.17) is 4.74 Å². The van der Waals surface area contributed by atoms with E-state index in [0.717, 1.165) is 19.4 Å². The number of methoxy groups -OCH3 is 1. The van der Waals surface area contributed by atoms with Gasteiger partial charge in [-0.05, 0) is 31.4 Å². The predicted molar refractivity (Wildman–Crippen MR) is 97.5 cm³/mol. The van der Waals surface area contributed by atoms with Crippen molar-refractivity contribution in [1.82, 2.24) is 10.3 Å². The van der Waals surface area contributed by atoms with E-state index in [-0.39, 0.29) is 17.2 Å². The lowest BCUT2D eigenvalue weighted by atomic mass is 9.97. The van der Waals surface area contributed by atoms with Gasteiger partial charge in [0, 0.05) is 37.1 Å². The first-order chi connectivity index (χ1) is 12.1. The first-order valence-electron chi connectivity index (χ1n) is 8.49. The molecule has 1 aliphatic heterocycles. The number of aryl methyl sites for hydroxylation is 1. The standard InChI is InChI=1S/C19H23N3O3/c1-13-7-8-14-5-3-4-6-16(14)22(13)10-9-20-19(24)15-12-21-18(23)11-17(15)25-2/h3-6,11-13H,7-10H2,1-2H3,(H,20,24)(H,21,23). The molecule has 2 aromatic rings. The molecular weight excluding hydrogens is 318 g/mol. The Morgan fingerprint density at radius 2 is 2.20 bits per heavy atom. The fraction of sp³-hybridized carbons (Fsp3) is 0.368. The summed E-state index contributed by atoms with van der Waals surface area (Å²) in [6, 6.07) is 10.1. The Bertz CT molecular complexity index is 816. The summed E-state index contributed by atoms with van der Waals surface area (Å²) < 4.78 is 5.12. The number of nitrogens with one attached hydrogen (secondary N) is 2. The molecule has 0 fully saturated rings. The van der Waals surface area contributed by atoms with E-state index in [1.165, 1.54) is 30.6 Å². The maximum atomic E-state index is 12.4. The Morgan fingerprint density at radius 3 is 3.00 bits per heavy atom. The monoisotopic (exact) mass is 341 g/mol. The van der Waals surface area contributed by atoms with Crippen LogP contribution in [0.2, 0.25) is 0 Å². The molecule has 1 atom stereocenters. The van der Waals surface area contributed by atoms with E-state index in [0.29, 0.717) is 18.2 Å². The van der Waals surface area contributed by atoms with Crippen molar-refractivity contribution in [3.63, 3.8) is 0 Å². The third-order valence-electron chi connectivity index (χ3n) is 4.65. The number of fused-ring (bicyclic) bond motifs is 1. The van der Waals surface area contributed by atoms with Crippen molar-refractivity contribution >= 4 is 11.6 Å². The number of carbonyl (C=O) groups excluding carboxylic acids is 1. The number of pyridine rings is 1. The zero-order valence-corrected chi connectivity index (χ0v) is 14.5. The molecular formula is C19H23N3O3. The van der Waals surface area contributed by atoms with Gasteiger partial charge in [0.15, 0.2) is 0 Å². The number of hydrogen-bond donors (Lipinski definition) is 2. The Hall–Kier alpha value is -2.76. The van der Waals surface area contributed by atoms with Gasteiger partial charge in [0.2, 0.25) is 0 Å². The van der Waals surface area contributed by atoms with Crippen LogP contribution in [0.5, 0.6) is 5.75 Å². The molecule has 6 heteroatoms. The molecule has 0 saturated heterocycles. The summed E-state index contributed by atoms with van der Waals surface area (Å²) in [5.41, 5.74) is 2.63. The van der Waals surface area contributed by atoms with Gasteiger partial charge in [-0.1, -0.05) is 18.2 Å². The molecule has 132 valence electrons. The molecule has 1 aromatic carbocycles. The summed E-state index contributed by atoms with van der Waals surface area (Å²) in [5.74, 6) is 0.0176. The van der Waals surface area contributed by atoms with Crippen LogP contribution in [-0.2, 0) is 6.42 Å². The number of anilines is 1. The number of para-hydroxylation sites is 1. The molecule has 0 saturated carbocycles. The van der Waals surface area contributed by atoms with Crippen LogP contribution in [0.1, 0.15) is 29.3 Å². The summed E-state index contributed by atoms with van der Waals surface area (Å²) in [4.78, 5) is 28.5. The van der Waals surface area contributed by atoms with Crippen molar-refractivity contribution < 1.29 is 9.53 Å². The van der Waals surface area contributed by atoms with Gasteiger partial charge in [-0.15, -0.1) is 0 Å². The topological polar surface area (TPSA) is 74.4 Å². The highest BCUT2D eigenvalue weighted by Gasteiger charge is 2.22. The van der Waals surface area contributed by atoms with Crippen LogP contribution in [-0.4, -0.2) is 37.1 Å². The number of nitrogens with zero attached hydrogens (tertiary/aromatic N) is 1. The minimum atomic E-state index is -0.299. The van der Waals surface area contributed by atoms with Gasteiger partial charge in [-0.3, -0.25) is 9.59 Å². The van der Waals surface area contributed by atoms with E-state index < -0.39 is 0 Å². The number of aromatic nitrogens is 1. The van der Waals surface area contributed by atoms with Gasteiger partial charge in [-0.2, -0.15) is 0 Å². The molecule has 0 aliphatic carbocycles. The molecule has 1 amide bonds. The molecule has 3 rings (SSSR count). The summed E-state index contributed by atoms with van der Waals surface area (Å²) >= 11 is 0. The second-order valence-corrected chi connectivity index (χ2v) is 6.25. The van der Waals surface area contributed by atoms with Gasteiger partial charge in [0.1, 0.15) is 5.75 Å². The van der Waals surface area contributed by atoms with E-state index in [9.17, 15) is 9.59 Å². The van der Waals surface area contributed by atoms with Crippen molar-refractivity contribution in [1.29, 1.82) is 0 Å². The highest BCUT2D eigenvalue weighted by Crippen LogP contribution is 2.29. The van der Waals surface area contributed by atoms with Crippen LogP contribution in [0.4, 0.5) is 5.69 Å². The first-order valence-corrected chi connectivity index (χ1v) is 8.49. The molecule has 2 heterocycles. The normalized spacial score (nSPS) is 16.2.